The molecule has 0 unspecified atom stereocenters. The number of hydrogen-bond donors (Lipinski definition) is 4. The number of rotatable bonds is 10. The van der Waals surface area contributed by atoms with Crippen LogP contribution in [0.1, 0.15) is 49.9 Å². The van der Waals surface area contributed by atoms with Crippen molar-refractivity contribution in [1.29, 1.82) is 0 Å². The SMILES string of the molecule is CC(C)C(=O)Nc1ccc(S(=O)(=O)NCCNC(=O)c2ccc(NC(=O)C3CCCC3)cc2)cc1. The Morgan fingerprint density at radius 1 is 0.857 bits per heavy atom. The first kappa shape index (κ1) is 26.4. The van der Waals surface area contributed by atoms with Gasteiger partial charge in [-0.05, 0) is 61.4 Å². The number of anilines is 2. The Hall–Kier alpha value is -3.24. The molecule has 3 rings (SSSR count). The molecule has 3 amide bonds. The highest BCUT2D eigenvalue weighted by molar-refractivity contribution is 7.89. The molecule has 1 fully saturated rings. The van der Waals surface area contributed by atoms with Gasteiger partial charge in [0.1, 0.15) is 0 Å². The van der Waals surface area contributed by atoms with Crippen LogP contribution in [0.15, 0.2) is 53.4 Å². The lowest BCUT2D eigenvalue weighted by atomic mass is 10.1. The van der Waals surface area contributed by atoms with Crippen molar-refractivity contribution in [2.24, 2.45) is 11.8 Å². The Morgan fingerprint density at radius 2 is 1.43 bits per heavy atom. The van der Waals surface area contributed by atoms with E-state index < -0.39 is 10.0 Å². The molecule has 1 saturated carbocycles. The van der Waals surface area contributed by atoms with Gasteiger partial charge in [0.15, 0.2) is 0 Å². The minimum Gasteiger partial charge on any atom is -0.351 e. The Labute approximate surface area is 206 Å². The smallest absolute Gasteiger partial charge is 0.251 e. The fourth-order valence-corrected chi connectivity index (χ4v) is 4.72. The van der Waals surface area contributed by atoms with Crippen molar-refractivity contribution >= 4 is 39.1 Å². The van der Waals surface area contributed by atoms with Crippen LogP contribution < -0.4 is 20.7 Å². The Balaban J connectivity index is 1.43. The molecule has 0 atom stereocenters. The van der Waals surface area contributed by atoms with Gasteiger partial charge in [0.25, 0.3) is 5.91 Å². The summed E-state index contributed by atoms with van der Waals surface area (Å²) >= 11 is 0. The van der Waals surface area contributed by atoms with Crippen molar-refractivity contribution < 1.29 is 22.8 Å². The molecule has 0 aliphatic heterocycles. The molecular weight excluding hydrogens is 468 g/mol. The van der Waals surface area contributed by atoms with Crippen LogP contribution in [0.2, 0.25) is 0 Å². The molecule has 2 aromatic carbocycles. The minimum atomic E-state index is -3.76. The molecular formula is C25H32N4O5S. The molecule has 10 heteroatoms. The molecule has 2 aromatic rings. The topological polar surface area (TPSA) is 133 Å². The van der Waals surface area contributed by atoms with Crippen molar-refractivity contribution in [3.05, 3.63) is 54.1 Å². The molecule has 1 aliphatic carbocycles. The third-order valence-corrected chi connectivity index (χ3v) is 7.28. The zero-order chi connectivity index (χ0) is 25.4. The number of carbonyl (C=O) groups is 3. The van der Waals surface area contributed by atoms with E-state index in [1.165, 1.54) is 24.3 Å². The van der Waals surface area contributed by atoms with Gasteiger partial charge in [-0.1, -0.05) is 26.7 Å². The molecule has 0 radical (unpaired) electrons. The van der Waals surface area contributed by atoms with E-state index >= 15 is 0 Å². The van der Waals surface area contributed by atoms with Gasteiger partial charge >= 0.3 is 0 Å². The van der Waals surface area contributed by atoms with Crippen LogP contribution >= 0.6 is 0 Å². The molecule has 0 bridgehead atoms. The molecule has 0 saturated heterocycles. The lowest BCUT2D eigenvalue weighted by molar-refractivity contribution is -0.120. The summed E-state index contributed by atoms with van der Waals surface area (Å²) in [4.78, 5) is 36.4. The summed E-state index contributed by atoms with van der Waals surface area (Å²) in [5, 5.41) is 8.26. The first-order chi connectivity index (χ1) is 16.7. The van der Waals surface area contributed by atoms with Crippen LogP contribution in [0.25, 0.3) is 0 Å². The van der Waals surface area contributed by atoms with Gasteiger partial charge in [0.05, 0.1) is 4.90 Å². The molecule has 0 aromatic heterocycles. The summed E-state index contributed by atoms with van der Waals surface area (Å²) < 4.78 is 27.4. The van der Waals surface area contributed by atoms with E-state index in [1.54, 1.807) is 38.1 Å². The quantitative estimate of drug-likeness (QED) is 0.372. The molecule has 4 N–H and O–H groups in total. The number of hydrogen-bond acceptors (Lipinski definition) is 5. The van der Waals surface area contributed by atoms with Crippen LogP contribution in [0.3, 0.4) is 0 Å². The van der Waals surface area contributed by atoms with Crippen molar-refractivity contribution in [2.45, 2.75) is 44.4 Å². The Morgan fingerprint density at radius 3 is 2.03 bits per heavy atom. The lowest BCUT2D eigenvalue weighted by Crippen LogP contribution is -2.34. The van der Waals surface area contributed by atoms with E-state index in [4.69, 9.17) is 0 Å². The summed E-state index contributed by atoms with van der Waals surface area (Å²) in [6, 6.07) is 12.4. The second kappa shape index (κ2) is 11.9. The van der Waals surface area contributed by atoms with Gasteiger partial charge in [-0.15, -0.1) is 0 Å². The molecule has 9 nitrogen and oxygen atoms in total. The van der Waals surface area contributed by atoms with E-state index in [-0.39, 0.29) is 47.5 Å². The van der Waals surface area contributed by atoms with Gasteiger partial charge < -0.3 is 16.0 Å². The maximum atomic E-state index is 12.5. The van der Waals surface area contributed by atoms with E-state index in [0.717, 1.165) is 25.7 Å². The highest BCUT2D eigenvalue weighted by Crippen LogP contribution is 2.26. The first-order valence-corrected chi connectivity index (χ1v) is 13.2. The highest BCUT2D eigenvalue weighted by atomic mass is 32.2. The van der Waals surface area contributed by atoms with E-state index in [1.807, 2.05) is 0 Å². The molecule has 188 valence electrons. The van der Waals surface area contributed by atoms with Crippen LogP contribution in [0.4, 0.5) is 11.4 Å². The zero-order valence-corrected chi connectivity index (χ0v) is 20.8. The van der Waals surface area contributed by atoms with Crippen LogP contribution in [-0.4, -0.2) is 39.2 Å². The van der Waals surface area contributed by atoms with Crippen molar-refractivity contribution in [1.82, 2.24) is 10.0 Å². The van der Waals surface area contributed by atoms with Gasteiger partial charge in [0.2, 0.25) is 21.8 Å². The summed E-state index contributed by atoms with van der Waals surface area (Å²) in [6.45, 7) is 3.64. The van der Waals surface area contributed by atoms with E-state index in [2.05, 4.69) is 20.7 Å². The van der Waals surface area contributed by atoms with Crippen molar-refractivity contribution in [2.75, 3.05) is 23.7 Å². The third-order valence-electron chi connectivity index (χ3n) is 5.80. The van der Waals surface area contributed by atoms with Gasteiger partial charge in [-0.3, -0.25) is 14.4 Å². The van der Waals surface area contributed by atoms with E-state index in [0.29, 0.717) is 16.9 Å². The number of benzene rings is 2. The number of nitrogens with one attached hydrogen (secondary N) is 4. The number of carbonyl (C=O) groups excluding carboxylic acids is 3. The monoisotopic (exact) mass is 500 g/mol. The van der Waals surface area contributed by atoms with Gasteiger partial charge in [-0.2, -0.15) is 0 Å². The standard InChI is InChI=1S/C25H32N4O5S/c1-17(2)23(30)28-21-11-13-22(14-12-21)35(33,34)27-16-15-26-24(31)19-7-9-20(10-8-19)29-25(32)18-5-3-4-6-18/h7-14,17-18,27H,3-6,15-16H2,1-2H3,(H,26,31)(H,28,30)(H,29,32). The first-order valence-electron chi connectivity index (χ1n) is 11.8. The second-order valence-electron chi connectivity index (χ2n) is 8.87. The molecule has 0 spiro atoms. The summed E-state index contributed by atoms with van der Waals surface area (Å²) in [6.07, 6.45) is 3.99. The van der Waals surface area contributed by atoms with Crippen LogP contribution in [0.5, 0.6) is 0 Å². The van der Waals surface area contributed by atoms with Gasteiger partial charge in [-0.25, -0.2) is 13.1 Å². The van der Waals surface area contributed by atoms with Crippen LogP contribution in [-0.2, 0) is 19.6 Å². The van der Waals surface area contributed by atoms with Gasteiger partial charge in [0, 0.05) is 41.9 Å². The average molecular weight is 501 g/mol. The predicted octanol–water partition coefficient (Wildman–Crippen LogP) is 3.12. The molecule has 35 heavy (non-hydrogen) atoms. The fraction of sp³-hybridized carbons (Fsp3) is 0.400. The molecule has 0 heterocycles. The second-order valence-corrected chi connectivity index (χ2v) is 10.6. The Kier molecular flexibility index (Phi) is 9.00. The average Bonchev–Trinajstić information content (AvgIpc) is 3.38. The summed E-state index contributed by atoms with van der Waals surface area (Å²) in [7, 11) is -3.76. The number of sulfonamides is 1. The molecule has 1 aliphatic rings. The minimum absolute atomic E-state index is 0.00936. The summed E-state index contributed by atoms with van der Waals surface area (Å²) in [5.74, 6) is -0.607. The van der Waals surface area contributed by atoms with E-state index in [9.17, 15) is 22.8 Å². The summed E-state index contributed by atoms with van der Waals surface area (Å²) in [5.41, 5.74) is 1.56. The normalized spacial score (nSPS) is 14.0. The largest absolute Gasteiger partial charge is 0.351 e. The maximum Gasteiger partial charge on any atom is 0.251 e. The van der Waals surface area contributed by atoms with Crippen molar-refractivity contribution in [3.8, 4) is 0 Å². The maximum absolute atomic E-state index is 12.5. The van der Waals surface area contributed by atoms with Crippen LogP contribution in [0, 0.1) is 11.8 Å². The zero-order valence-electron chi connectivity index (χ0n) is 20.0. The van der Waals surface area contributed by atoms with Crippen molar-refractivity contribution in [3.63, 3.8) is 0 Å². The Bertz CT molecular complexity index is 1140. The number of amides is 3. The highest BCUT2D eigenvalue weighted by Gasteiger charge is 2.22. The predicted molar refractivity (Wildman–Crippen MR) is 134 cm³/mol. The fourth-order valence-electron chi connectivity index (χ4n) is 3.69. The lowest BCUT2D eigenvalue weighted by Gasteiger charge is -2.11. The third kappa shape index (κ3) is 7.63.